The van der Waals surface area contributed by atoms with Gasteiger partial charge in [0.15, 0.2) is 0 Å². The van der Waals surface area contributed by atoms with Gasteiger partial charge in [-0.05, 0) is 38.3 Å². The first-order valence-electron chi connectivity index (χ1n) is 7.86. The summed E-state index contributed by atoms with van der Waals surface area (Å²) in [6, 6.07) is 8.29. The lowest BCUT2D eigenvalue weighted by molar-refractivity contribution is 0.0304. The van der Waals surface area contributed by atoms with Gasteiger partial charge in [0, 0.05) is 11.7 Å². The van der Waals surface area contributed by atoms with E-state index in [0.29, 0.717) is 6.04 Å². The maximum Gasteiger partial charge on any atom is 0.258 e. The zero-order valence-electron chi connectivity index (χ0n) is 12.5. The summed E-state index contributed by atoms with van der Waals surface area (Å²) < 4.78 is 0. The number of benzene rings is 1. The Labute approximate surface area is 121 Å². The van der Waals surface area contributed by atoms with Crippen molar-refractivity contribution < 1.29 is 4.79 Å². The average molecular weight is 272 g/mol. The molecule has 2 aliphatic rings. The highest BCUT2D eigenvalue weighted by Gasteiger charge is 2.43. The van der Waals surface area contributed by atoms with Gasteiger partial charge < -0.3 is 10.2 Å². The minimum atomic E-state index is -0.257. The number of nitrogens with zero attached hydrogens (tertiary/aromatic N) is 1. The second-order valence-corrected chi connectivity index (χ2v) is 6.26. The fraction of sp³-hybridized carbons (Fsp3) is 0.588. The summed E-state index contributed by atoms with van der Waals surface area (Å²) in [5, 5.41) is 3.61. The molecule has 1 aliphatic heterocycles. The minimum Gasteiger partial charge on any atom is -0.362 e. The molecule has 1 heterocycles. The maximum absolute atomic E-state index is 13.0. The Morgan fingerprint density at radius 3 is 2.65 bits per heavy atom. The van der Waals surface area contributed by atoms with Gasteiger partial charge in [0.1, 0.15) is 5.66 Å². The summed E-state index contributed by atoms with van der Waals surface area (Å²) in [7, 11) is 0. The molecule has 1 aromatic carbocycles. The van der Waals surface area contributed by atoms with Gasteiger partial charge in [0.05, 0.1) is 5.56 Å². The summed E-state index contributed by atoms with van der Waals surface area (Å²) in [5.41, 5.74) is 1.55. The molecule has 1 aliphatic carbocycles. The topological polar surface area (TPSA) is 32.3 Å². The summed E-state index contributed by atoms with van der Waals surface area (Å²) >= 11 is 0. The fourth-order valence-corrected chi connectivity index (χ4v) is 3.65. The Hall–Kier alpha value is -1.51. The molecule has 108 valence electrons. The molecule has 1 saturated carbocycles. The smallest absolute Gasteiger partial charge is 0.258 e. The van der Waals surface area contributed by atoms with E-state index in [1.807, 2.05) is 24.3 Å². The normalized spacial score (nSPS) is 27.1. The molecule has 0 radical (unpaired) electrons. The number of rotatable bonds is 2. The Morgan fingerprint density at radius 2 is 1.95 bits per heavy atom. The zero-order valence-corrected chi connectivity index (χ0v) is 12.5. The van der Waals surface area contributed by atoms with Gasteiger partial charge >= 0.3 is 0 Å². The second kappa shape index (κ2) is 5.12. The van der Waals surface area contributed by atoms with E-state index in [2.05, 4.69) is 24.1 Å². The van der Waals surface area contributed by atoms with Crippen molar-refractivity contribution in [2.24, 2.45) is 0 Å². The van der Waals surface area contributed by atoms with E-state index in [4.69, 9.17) is 0 Å². The molecule has 1 atom stereocenters. The molecule has 0 bridgehead atoms. The highest BCUT2D eigenvalue weighted by atomic mass is 16.2. The van der Waals surface area contributed by atoms with Crippen LogP contribution >= 0.6 is 0 Å². The van der Waals surface area contributed by atoms with Crippen LogP contribution in [-0.4, -0.2) is 22.5 Å². The number of fused-ring (bicyclic) bond motifs is 1. The highest BCUT2D eigenvalue weighted by Crippen LogP contribution is 2.37. The first kappa shape index (κ1) is 13.5. The molecule has 0 unspecified atom stereocenters. The Kier molecular flexibility index (Phi) is 3.45. The highest BCUT2D eigenvalue weighted by molar-refractivity contribution is 6.02. The van der Waals surface area contributed by atoms with Gasteiger partial charge in [-0.15, -0.1) is 0 Å². The minimum absolute atomic E-state index is 0.204. The van der Waals surface area contributed by atoms with E-state index >= 15 is 0 Å². The molecule has 3 heteroatoms. The van der Waals surface area contributed by atoms with E-state index in [9.17, 15) is 4.79 Å². The SMILES string of the molecule is CC[C@@]1(C)Nc2ccccc2C(=O)N1C1CCCCC1. The van der Waals surface area contributed by atoms with Crippen molar-refractivity contribution in [1.82, 2.24) is 4.90 Å². The Balaban J connectivity index is 2.00. The average Bonchev–Trinajstić information content (AvgIpc) is 2.48. The van der Waals surface area contributed by atoms with Gasteiger partial charge in [-0.2, -0.15) is 0 Å². The summed E-state index contributed by atoms with van der Waals surface area (Å²) in [6.45, 7) is 4.32. The molecule has 1 fully saturated rings. The first-order valence-corrected chi connectivity index (χ1v) is 7.86. The van der Waals surface area contributed by atoms with Crippen LogP contribution in [0.25, 0.3) is 0 Å². The van der Waals surface area contributed by atoms with Gasteiger partial charge in [-0.1, -0.05) is 38.3 Å². The van der Waals surface area contributed by atoms with E-state index in [0.717, 1.165) is 30.5 Å². The van der Waals surface area contributed by atoms with Crippen LogP contribution in [0, 0.1) is 0 Å². The molecule has 20 heavy (non-hydrogen) atoms. The predicted molar refractivity (Wildman–Crippen MR) is 81.8 cm³/mol. The second-order valence-electron chi connectivity index (χ2n) is 6.26. The maximum atomic E-state index is 13.0. The number of hydrogen-bond donors (Lipinski definition) is 1. The molecular weight excluding hydrogens is 248 g/mol. The van der Waals surface area contributed by atoms with Gasteiger partial charge in [0.25, 0.3) is 5.91 Å². The lowest BCUT2D eigenvalue weighted by Crippen LogP contribution is -2.61. The van der Waals surface area contributed by atoms with Gasteiger partial charge in [0.2, 0.25) is 0 Å². The van der Waals surface area contributed by atoms with Crippen molar-refractivity contribution in [1.29, 1.82) is 0 Å². The van der Waals surface area contributed by atoms with Crippen molar-refractivity contribution >= 4 is 11.6 Å². The van der Waals surface area contributed by atoms with Crippen LogP contribution in [-0.2, 0) is 0 Å². The summed E-state index contributed by atoms with van der Waals surface area (Å²) in [6.07, 6.45) is 7.01. The monoisotopic (exact) mass is 272 g/mol. The molecule has 0 spiro atoms. The number of para-hydroxylation sites is 1. The van der Waals surface area contributed by atoms with Crippen LogP contribution in [0.3, 0.4) is 0 Å². The fourth-order valence-electron chi connectivity index (χ4n) is 3.65. The third-order valence-electron chi connectivity index (χ3n) is 4.94. The third-order valence-corrected chi connectivity index (χ3v) is 4.94. The molecule has 1 amide bonds. The van der Waals surface area contributed by atoms with E-state index in [1.54, 1.807) is 0 Å². The van der Waals surface area contributed by atoms with Crippen molar-refractivity contribution in [3.05, 3.63) is 29.8 Å². The number of amides is 1. The predicted octanol–water partition coefficient (Wildman–Crippen LogP) is 4.01. The van der Waals surface area contributed by atoms with Crippen molar-refractivity contribution in [3.8, 4) is 0 Å². The largest absolute Gasteiger partial charge is 0.362 e. The molecule has 3 rings (SSSR count). The first-order chi connectivity index (χ1) is 9.65. The summed E-state index contributed by atoms with van der Waals surface area (Å²) in [4.78, 5) is 15.1. The van der Waals surface area contributed by atoms with E-state index in [1.165, 1.54) is 19.3 Å². The molecule has 0 aromatic heterocycles. The number of carbonyl (C=O) groups is 1. The third kappa shape index (κ3) is 2.09. The van der Waals surface area contributed by atoms with Gasteiger partial charge in [-0.25, -0.2) is 0 Å². The number of hydrogen-bond acceptors (Lipinski definition) is 2. The van der Waals surface area contributed by atoms with Crippen LogP contribution < -0.4 is 5.32 Å². The summed E-state index contributed by atoms with van der Waals surface area (Å²) in [5.74, 6) is 0.204. The van der Waals surface area contributed by atoms with E-state index < -0.39 is 0 Å². The molecule has 3 nitrogen and oxygen atoms in total. The molecular formula is C17H24N2O. The van der Waals surface area contributed by atoms with Crippen molar-refractivity contribution in [2.75, 3.05) is 5.32 Å². The molecule has 0 saturated heterocycles. The van der Waals surface area contributed by atoms with Crippen LogP contribution in [0.4, 0.5) is 5.69 Å². The Bertz CT molecular complexity index is 507. The Morgan fingerprint density at radius 1 is 1.25 bits per heavy atom. The zero-order chi connectivity index (χ0) is 14.2. The van der Waals surface area contributed by atoms with Crippen molar-refractivity contribution in [2.45, 2.75) is 64.1 Å². The van der Waals surface area contributed by atoms with Crippen LogP contribution in [0.1, 0.15) is 62.7 Å². The molecule has 1 N–H and O–H groups in total. The quantitative estimate of drug-likeness (QED) is 0.882. The van der Waals surface area contributed by atoms with Crippen LogP contribution in [0.2, 0.25) is 0 Å². The van der Waals surface area contributed by atoms with Crippen LogP contribution in [0.5, 0.6) is 0 Å². The number of carbonyl (C=O) groups excluding carboxylic acids is 1. The number of anilines is 1. The standard InChI is InChI=1S/C17H24N2O/c1-3-17(2)18-15-12-8-7-11-14(15)16(20)19(17)13-9-5-4-6-10-13/h7-8,11-13,18H,3-6,9-10H2,1-2H3/t17-/m0/s1. The van der Waals surface area contributed by atoms with E-state index in [-0.39, 0.29) is 11.6 Å². The lowest BCUT2D eigenvalue weighted by atomic mass is 9.89. The molecule has 1 aromatic rings. The van der Waals surface area contributed by atoms with Crippen LogP contribution in [0.15, 0.2) is 24.3 Å². The van der Waals surface area contributed by atoms with Gasteiger partial charge in [-0.3, -0.25) is 4.79 Å². The van der Waals surface area contributed by atoms with Crippen molar-refractivity contribution in [3.63, 3.8) is 0 Å². The lowest BCUT2D eigenvalue weighted by Gasteiger charge is -2.50. The number of nitrogens with one attached hydrogen (secondary N) is 1.